The molecular weight excluding hydrogens is 321 g/mol. The van der Waals surface area contributed by atoms with Crippen LogP contribution in [-0.4, -0.2) is 32.8 Å². The average Bonchev–Trinajstić information content (AvgIpc) is 2.46. The molecule has 2 aromatic rings. The van der Waals surface area contributed by atoms with E-state index in [1.807, 2.05) is 6.92 Å². The predicted molar refractivity (Wildman–Crippen MR) is 87.8 cm³/mol. The van der Waals surface area contributed by atoms with Crippen LogP contribution in [0.2, 0.25) is 0 Å². The van der Waals surface area contributed by atoms with Crippen molar-refractivity contribution in [3.8, 4) is 11.3 Å². The van der Waals surface area contributed by atoms with Crippen molar-refractivity contribution in [3.63, 3.8) is 0 Å². The fourth-order valence-corrected chi connectivity index (χ4v) is 2.65. The van der Waals surface area contributed by atoms with Gasteiger partial charge in [-0.3, -0.25) is 4.79 Å². The maximum absolute atomic E-state index is 13.1. The highest BCUT2D eigenvalue weighted by Gasteiger charge is 2.23. The summed E-state index contributed by atoms with van der Waals surface area (Å²) in [6, 6.07) is 6.27. The molecule has 0 atom stereocenters. The van der Waals surface area contributed by atoms with Crippen molar-refractivity contribution < 1.29 is 14.7 Å². The molecule has 2 N–H and O–H groups in total. The van der Waals surface area contributed by atoms with Gasteiger partial charge in [0.15, 0.2) is 0 Å². The molecule has 0 bridgehead atoms. The predicted octanol–water partition coefficient (Wildman–Crippen LogP) is 2.09. The number of fused-ring (bicyclic) bond motifs is 1. The van der Waals surface area contributed by atoms with Gasteiger partial charge in [-0.05, 0) is 31.2 Å². The van der Waals surface area contributed by atoms with E-state index in [1.165, 1.54) is 12.1 Å². The van der Waals surface area contributed by atoms with Crippen molar-refractivity contribution >= 4 is 18.3 Å². The Morgan fingerprint density at radius 2 is 1.87 bits per heavy atom. The first-order valence-electron chi connectivity index (χ1n) is 6.92. The number of benzene rings is 1. The van der Waals surface area contributed by atoms with Crippen LogP contribution in [0, 0.1) is 12.7 Å². The number of amides is 1. The minimum atomic E-state index is -0.274. The van der Waals surface area contributed by atoms with E-state index >= 15 is 0 Å². The van der Waals surface area contributed by atoms with Gasteiger partial charge in [-0.1, -0.05) is 0 Å². The zero-order valence-corrected chi connectivity index (χ0v) is 13.8. The number of carbonyl (C=O) groups is 1. The molecule has 2 heterocycles. The summed E-state index contributed by atoms with van der Waals surface area (Å²) in [6.45, 7) is 4.61. The van der Waals surface area contributed by atoms with Crippen LogP contribution in [0.5, 0.6) is 0 Å². The molecule has 5 nitrogen and oxygen atoms in total. The molecule has 1 aliphatic heterocycles. The molecule has 23 heavy (non-hydrogen) atoms. The summed E-state index contributed by atoms with van der Waals surface area (Å²) in [5.41, 5.74) is 3.60. The highest BCUT2D eigenvalue weighted by Crippen LogP contribution is 2.28. The smallest absolute Gasteiger partial charge is 0.219 e. The maximum Gasteiger partial charge on any atom is 0.219 e. The minimum absolute atomic E-state index is 0. The number of hydrogen-bond acceptors (Lipinski definition) is 3. The van der Waals surface area contributed by atoms with Crippen LogP contribution in [0.3, 0.4) is 0 Å². The minimum Gasteiger partial charge on any atom is -0.412 e. The van der Waals surface area contributed by atoms with Gasteiger partial charge in [-0.2, -0.15) is 0 Å². The fraction of sp³-hybridized carbons (Fsp3) is 0.312. The van der Waals surface area contributed by atoms with Gasteiger partial charge in [-0.25, -0.2) is 14.4 Å². The summed E-state index contributed by atoms with van der Waals surface area (Å²) in [5.74, 6) is 0.472. The van der Waals surface area contributed by atoms with Gasteiger partial charge in [0.25, 0.3) is 0 Å². The lowest BCUT2D eigenvalue weighted by atomic mass is 9.99. The zero-order chi connectivity index (χ0) is 15.0. The van der Waals surface area contributed by atoms with E-state index in [9.17, 15) is 9.18 Å². The summed E-state index contributed by atoms with van der Waals surface area (Å²) in [6.07, 6.45) is 0.729. The number of aryl methyl sites for hydroxylation is 1. The number of rotatable bonds is 1. The summed E-state index contributed by atoms with van der Waals surface area (Å²) in [5, 5.41) is 0. The molecule has 0 saturated carbocycles. The van der Waals surface area contributed by atoms with Crippen LogP contribution in [0.15, 0.2) is 24.3 Å². The van der Waals surface area contributed by atoms with Gasteiger partial charge in [0.05, 0.1) is 11.4 Å². The average molecular weight is 340 g/mol. The van der Waals surface area contributed by atoms with E-state index in [4.69, 9.17) is 0 Å². The lowest BCUT2D eigenvalue weighted by Crippen LogP contribution is -2.35. The van der Waals surface area contributed by atoms with Crippen LogP contribution in [0.25, 0.3) is 11.3 Å². The third-order valence-corrected chi connectivity index (χ3v) is 3.74. The standard InChI is InChI=1S/C16H16FN3O.ClH.H2O/c1-10-18-15-7-8-20(11(2)21)9-14(15)16(19-10)12-3-5-13(17)6-4-12;;/h3-6H,7-9H2,1-2H3;1H;1H2. The topological polar surface area (TPSA) is 77.6 Å². The fourth-order valence-electron chi connectivity index (χ4n) is 2.65. The Hall–Kier alpha value is -2.05. The van der Waals surface area contributed by atoms with E-state index < -0.39 is 0 Å². The Kier molecular flexibility index (Phi) is 6.18. The molecule has 0 unspecified atom stereocenters. The molecular formula is C16H19ClFN3O2. The SMILES string of the molecule is CC(=O)N1CCc2nc(C)nc(-c3ccc(F)cc3)c2C1.Cl.O. The molecule has 7 heteroatoms. The van der Waals surface area contributed by atoms with Crippen molar-refractivity contribution in [3.05, 3.63) is 47.2 Å². The molecule has 0 radical (unpaired) electrons. The first kappa shape index (κ1) is 19.0. The van der Waals surface area contributed by atoms with Crippen molar-refractivity contribution in [1.29, 1.82) is 0 Å². The van der Waals surface area contributed by atoms with E-state index in [0.717, 1.165) is 28.9 Å². The second kappa shape index (κ2) is 7.48. The summed E-state index contributed by atoms with van der Waals surface area (Å²) < 4.78 is 13.1. The monoisotopic (exact) mass is 339 g/mol. The van der Waals surface area contributed by atoms with Crippen molar-refractivity contribution in [2.75, 3.05) is 6.54 Å². The largest absolute Gasteiger partial charge is 0.412 e. The normalized spacial score (nSPS) is 12.7. The highest BCUT2D eigenvalue weighted by molar-refractivity contribution is 5.85. The number of carbonyl (C=O) groups excluding carboxylic acids is 1. The quantitative estimate of drug-likeness (QED) is 0.798. The van der Waals surface area contributed by atoms with E-state index in [1.54, 1.807) is 24.0 Å². The van der Waals surface area contributed by atoms with Crippen LogP contribution >= 0.6 is 12.4 Å². The number of nitrogens with zero attached hydrogens (tertiary/aromatic N) is 3. The van der Waals surface area contributed by atoms with E-state index in [2.05, 4.69) is 9.97 Å². The lowest BCUT2D eigenvalue weighted by molar-refractivity contribution is -0.129. The van der Waals surface area contributed by atoms with E-state index in [0.29, 0.717) is 18.9 Å². The van der Waals surface area contributed by atoms with Gasteiger partial charge in [0.2, 0.25) is 5.91 Å². The van der Waals surface area contributed by atoms with Crippen molar-refractivity contribution in [1.82, 2.24) is 14.9 Å². The Bertz CT molecular complexity index is 707. The summed E-state index contributed by atoms with van der Waals surface area (Å²) in [7, 11) is 0. The van der Waals surface area contributed by atoms with Gasteiger partial charge < -0.3 is 10.4 Å². The van der Waals surface area contributed by atoms with Gasteiger partial charge >= 0.3 is 0 Å². The summed E-state index contributed by atoms with van der Waals surface area (Å²) in [4.78, 5) is 22.4. The number of halogens is 2. The Morgan fingerprint density at radius 1 is 1.22 bits per heavy atom. The van der Waals surface area contributed by atoms with Crippen molar-refractivity contribution in [2.24, 2.45) is 0 Å². The molecule has 0 spiro atoms. The van der Waals surface area contributed by atoms with Gasteiger partial charge in [0.1, 0.15) is 11.6 Å². The number of hydrogen-bond donors (Lipinski definition) is 0. The second-order valence-electron chi connectivity index (χ2n) is 5.24. The van der Waals surface area contributed by atoms with Crippen LogP contribution in [0.1, 0.15) is 24.0 Å². The molecule has 1 amide bonds. The number of aromatic nitrogens is 2. The molecule has 0 fully saturated rings. The van der Waals surface area contributed by atoms with Crippen LogP contribution in [0.4, 0.5) is 4.39 Å². The zero-order valence-electron chi connectivity index (χ0n) is 13.0. The van der Waals surface area contributed by atoms with Crippen molar-refractivity contribution in [2.45, 2.75) is 26.8 Å². The molecule has 0 aliphatic carbocycles. The molecule has 0 saturated heterocycles. The Labute approximate surface area is 140 Å². The molecule has 3 rings (SSSR count). The van der Waals surface area contributed by atoms with Crippen LogP contribution < -0.4 is 0 Å². The lowest BCUT2D eigenvalue weighted by Gasteiger charge is -2.28. The molecule has 124 valence electrons. The van der Waals surface area contributed by atoms with E-state index in [-0.39, 0.29) is 29.6 Å². The first-order valence-corrected chi connectivity index (χ1v) is 6.92. The first-order chi connectivity index (χ1) is 10.0. The Morgan fingerprint density at radius 3 is 2.48 bits per heavy atom. The summed E-state index contributed by atoms with van der Waals surface area (Å²) >= 11 is 0. The second-order valence-corrected chi connectivity index (χ2v) is 5.24. The third-order valence-electron chi connectivity index (χ3n) is 3.74. The van der Waals surface area contributed by atoms with Crippen LogP contribution in [-0.2, 0) is 17.8 Å². The Balaban J connectivity index is 0.00000132. The molecule has 1 aliphatic rings. The maximum atomic E-state index is 13.1. The van der Waals surface area contributed by atoms with Gasteiger partial charge in [-0.15, -0.1) is 12.4 Å². The van der Waals surface area contributed by atoms with Gasteiger partial charge in [0, 0.05) is 37.6 Å². The third kappa shape index (κ3) is 3.83. The molecule has 1 aromatic carbocycles. The highest BCUT2D eigenvalue weighted by atomic mass is 35.5. The molecule has 1 aromatic heterocycles.